The molecule has 0 spiro atoms. The van der Waals surface area contributed by atoms with Crippen LogP contribution in [0.4, 0.5) is 5.69 Å². The van der Waals surface area contributed by atoms with E-state index >= 15 is 0 Å². The molecule has 8 heteroatoms. The highest BCUT2D eigenvalue weighted by Gasteiger charge is 2.19. The van der Waals surface area contributed by atoms with Gasteiger partial charge in [0.25, 0.3) is 11.8 Å². The van der Waals surface area contributed by atoms with Gasteiger partial charge in [-0.3, -0.25) is 9.59 Å². The zero-order chi connectivity index (χ0) is 23.5. The lowest BCUT2D eigenvalue weighted by atomic mass is 10.1. The van der Waals surface area contributed by atoms with Crippen LogP contribution in [-0.2, 0) is 14.3 Å². The van der Waals surface area contributed by atoms with Crippen molar-refractivity contribution in [1.82, 2.24) is 5.43 Å². The molecule has 0 bridgehead atoms. The minimum Gasteiger partial charge on any atom is -0.495 e. The van der Waals surface area contributed by atoms with Crippen molar-refractivity contribution in [2.75, 3.05) is 26.1 Å². The van der Waals surface area contributed by atoms with E-state index in [4.69, 9.17) is 14.2 Å². The Balaban J connectivity index is 1.48. The first kappa shape index (κ1) is 23.5. The average molecular weight is 447 g/mol. The van der Waals surface area contributed by atoms with Crippen molar-refractivity contribution in [3.05, 3.63) is 90.0 Å². The van der Waals surface area contributed by atoms with Gasteiger partial charge < -0.3 is 19.5 Å². The van der Waals surface area contributed by atoms with Crippen molar-refractivity contribution in [2.45, 2.75) is 6.10 Å². The molecule has 3 aromatic rings. The van der Waals surface area contributed by atoms with Gasteiger partial charge in [-0.2, -0.15) is 5.10 Å². The predicted molar refractivity (Wildman–Crippen MR) is 125 cm³/mol. The molecule has 0 aliphatic rings. The van der Waals surface area contributed by atoms with E-state index in [9.17, 15) is 9.59 Å². The third-order valence-electron chi connectivity index (χ3n) is 4.60. The molecule has 0 aliphatic heterocycles. The summed E-state index contributed by atoms with van der Waals surface area (Å²) >= 11 is 0. The van der Waals surface area contributed by atoms with Crippen LogP contribution >= 0.6 is 0 Å². The van der Waals surface area contributed by atoms with Crippen LogP contribution in [0.2, 0.25) is 0 Å². The van der Waals surface area contributed by atoms with Gasteiger partial charge >= 0.3 is 0 Å². The molecule has 0 saturated heterocycles. The second kappa shape index (κ2) is 12.0. The van der Waals surface area contributed by atoms with Crippen molar-refractivity contribution in [3.63, 3.8) is 0 Å². The van der Waals surface area contributed by atoms with Crippen LogP contribution in [0.25, 0.3) is 0 Å². The molecular formula is C25H25N3O5. The molecule has 0 unspecified atom stereocenters. The molecule has 3 rings (SSSR count). The number of para-hydroxylation sites is 2. The van der Waals surface area contributed by atoms with E-state index in [1.165, 1.54) is 20.4 Å². The Bertz CT molecular complexity index is 1080. The summed E-state index contributed by atoms with van der Waals surface area (Å²) in [5.41, 5.74) is 4.54. The van der Waals surface area contributed by atoms with Gasteiger partial charge in [-0.25, -0.2) is 5.43 Å². The fraction of sp³-hybridized carbons (Fsp3) is 0.160. The molecule has 170 valence electrons. The number of carbonyl (C=O) groups is 2. The normalized spacial score (nSPS) is 11.6. The summed E-state index contributed by atoms with van der Waals surface area (Å²) < 4.78 is 16.0. The number of hydrogen-bond donors (Lipinski definition) is 2. The topological polar surface area (TPSA) is 98.3 Å². The standard InChI is InChI=1S/C25H25N3O5/c1-31-22-11-7-6-10-21(22)27-23(29)17-33-20-14-12-18(13-15-20)16-26-28-25(30)24(32-2)19-8-4-3-5-9-19/h3-16,24H,17H2,1-2H3,(H,27,29)(H,28,30)/b26-16-/t24-/m0/s1. The second-order valence-electron chi connectivity index (χ2n) is 6.87. The van der Waals surface area contributed by atoms with Gasteiger partial charge in [-0.05, 0) is 47.5 Å². The van der Waals surface area contributed by atoms with Crippen LogP contribution in [0.1, 0.15) is 17.2 Å². The average Bonchev–Trinajstić information content (AvgIpc) is 2.85. The monoisotopic (exact) mass is 447 g/mol. The maximum Gasteiger partial charge on any atom is 0.273 e. The van der Waals surface area contributed by atoms with Crippen LogP contribution in [0, 0.1) is 0 Å². The molecule has 8 nitrogen and oxygen atoms in total. The molecule has 0 aromatic heterocycles. The Hall–Kier alpha value is -4.17. The number of methoxy groups -OCH3 is 2. The van der Waals surface area contributed by atoms with E-state index in [1.54, 1.807) is 42.5 Å². The Morgan fingerprint density at radius 2 is 1.64 bits per heavy atom. The van der Waals surface area contributed by atoms with Crippen molar-refractivity contribution in [1.29, 1.82) is 0 Å². The quantitative estimate of drug-likeness (QED) is 0.366. The van der Waals surface area contributed by atoms with E-state index in [2.05, 4.69) is 15.8 Å². The zero-order valence-corrected chi connectivity index (χ0v) is 18.4. The van der Waals surface area contributed by atoms with Crippen LogP contribution in [-0.4, -0.2) is 38.9 Å². The summed E-state index contributed by atoms with van der Waals surface area (Å²) in [6, 6.07) is 23.2. The smallest absolute Gasteiger partial charge is 0.273 e. The van der Waals surface area contributed by atoms with Crippen LogP contribution in [0.15, 0.2) is 84.0 Å². The van der Waals surface area contributed by atoms with Gasteiger partial charge in [0.1, 0.15) is 11.5 Å². The largest absolute Gasteiger partial charge is 0.495 e. The number of hydrazone groups is 1. The summed E-state index contributed by atoms with van der Waals surface area (Å²) in [5, 5.41) is 6.73. The molecule has 0 heterocycles. The first-order chi connectivity index (χ1) is 16.1. The fourth-order valence-electron chi connectivity index (χ4n) is 2.98. The van der Waals surface area contributed by atoms with E-state index in [0.717, 1.165) is 11.1 Å². The number of ether oxygens (including phenoxy) is 3. The van der Waals surface area contributed by atoms with Crippen molar-refractivity contribution < 1.29 is 23.8 Å². The Morgan fingerprint density at radius 1 is 0.939 bits per heavy atom. The molecule has 0 aliphatic carbocycles. The van der Waals surface area contributed by atoms with Crippen molar-refractivity contribution >= 4 is 23.7 Å². The summed E-state index contributed by atoms with van der Waals surface area (Å²) in [6.45, 7) is -0.153. The van der Waals surface area contributed by atoms with Crippen LogP contribution < -0.4 is 20.2 Å². The number of rotatable bonds is 10. The third-order valence-corrected chi connectivity index (χ3v) is 4.60. The maximum atomic E-state index is 12.3. The maximum absolute atomic E-state index is 12.3. The van der Waals surface area contributed by atoms with Gasteiger partial charge in [-0.15, -0.1) is 0 Å². The lowest BCUT2D eigenvalue weighted by Crippen LogP contribution is -2.26. The van der Waals surface area contributed by atoms with E-state index in [1.807, 2.05) is 36.4 Å². The summed E-state index contributed by atoms with van der Waals surface area (Å²) in [4.78, 5) is 24.5. The highest BCUT2D eigenvalue weighted by atomic mass is 16.5. The number of nitrogens with one attached hydrogen (secondary N) is 2. The fourth-order valence-corrected chi connectivity index (χ4v) is 2.98. The second-order valence-corrected chi connectivity index (χ2v) is 6.87. The minimum absolute atomic E-state index is 0.153. The van der Waals surface area contributed by atoms with Crippen LogP contribution in [0.5, 0.6) is 11.5 Å². The molecule has 0 saturated carbocycles. The Kier molecular flexibility index (Phi) is 8.55. The molecule has 2 amide bonds. The van der Waals surface area contributed by atoms with E-state index in [-0.39, 0.29) is 18.4 Å². The van der Waals surface area contributed by atoms with Gasteiger partial charge in [0.15, 0.2) is 12.7 Å². The van der Waals surface area contributed by atoms with E-state index in [0.29, 0.717) is 17.2 Å². The highest BCUT2D eigenvalue weighted by Crippen LogP contribution is 2.23. The number of benzene rings is 3. The predicted octanol–water partition coefficient (Wildman–Crippen LogP) is 3.55. The first-order valence-electron chi connectivity index (χ1n) is 10.2. The van der Waals surface area contributed by atoms with Gasteiger partial charge in [0, 0.05) is 7.11 Å². The highest BCUT2D eigenvalue weighted by molar-refractivity contribution is 5.93. The van der Waals surface area contributed by atoms with Crippen molar-refractivity contribution in [3.8, 4) is 11.5 Å². The van der Waals surface area contributed by atoms with Crippen molar-refractivity contribution in [2.24, 2.45) is 5.10 Å². The molecule has 0 radical (unpaired) electrons. The van der Waals surface area contributed by atoms with E-state index < -0.39 is 6.10 Å². The summed E-state index contributed by atoms with van der Waals surface area (Å²) in [6.07, 6.45) is 0.759. The van der Waals surface area contributed by atoms with Gasteiger partial charge in [0.05, 0.1) is 19.0 Å². The lowest BCUT2D eigenvalue weighted by molar-refractivity contribution is -0.131. The SMILES string of the molecule is COc1ccccc1NC(=O)COc1ccc(/C=N\NC(=O)[C@@H](OC)c2ccccc2)cc1. The summed E-state index contributed by atoms with van der Waals surface area (Å²) in [5.74, 6) is 0.414. The number of nitrogens with zero attached hydrogens (tertiary/aromatic N) is 1. The number of amides is 2. The van der Waals surface area contributed by atoms with Crippen LogP contribution in [0.3, 0.4) is 0 Å². The molecule has 2 N–H and O–H groups in total. The van der Waals surface area contributed by atoms with Gasteiger partial charge in [0.2, 0.25) is 0 Å². The van der Waals surface area contributed by atoms with Gasteiger partial charge in [-0.1, -0.05) is 42.5 Å². The zero-order valence-electron chi connectivity index (χ0n) is 18.4. The number of hydrogen-bond acceptors (Lipinski definition) is 6. The third kappa shape index (κ3) is 6.91. The summed E-state index contributed by atoms with van der Waals surface area (Å²) in [7, 11) is 3.01. The molecule has 33 heavy (non-hydrogen) atoms. The molecule has 1 atom stereocenters. The minimum atomic E-state index is -0.749. The lowest BCUT2D eigenvalue weighted by Gasteiger charge is -2.13. The number of anilines is 1. The molecule has 0 fully saturated rings. The first-order valence-corrected chi connectivity index (χ1v) is 10.2. The Labute approximate surface area is 192 Å². The Morgan fingerprint density at radius 3 is 2.33 bits per heavy atom. The number of carbonyl (C=O) groups excluding carboxylic acids is 2. The molecular weight excluding hydrogens is 422 g/mol. The molecule has 3 aromatic carbocycles.